The molecule has 0 saturated heterocycles. The molecule has 0 bridgehead atoms. The topological polar surface area (TPSA) is 18.5 Å². The van der Waals surface area contributed by atoms with Gasteiger partial charge in [0.1, 0.15) is 0 Å². The van der Waals surface area contributed by atoms with Gasteiger partial charge in [-0.1, -0.05) is 0 Å². The van der Waals surface area contributed by atoms with Crippen molar-refractivity contribution in [3.05, 3.63) is 58.7 Å². The van der Waals surface area contributed by atoms with E-state index in [1.165, 1.54) is 22.3 Å². The van der Waals surface area contributed by atoms with Gasteiger partial charge in [-0.15, -0.1) is 0 Å². The summed E-state index contributed by atoms with van der Waals surface area (Å²) in [5.41, 5.74) is 5.08. The van der Waals surface area contributed by atoms with Crippen molar-refractivity contribution in [3.63, 3.8) is 0 Å². The first-order valence-electron chi connectivity index (χ1n) is 6.29. The van der Waals surface area contributed by atoms with Crippen molar-refractivity contribution < 1.29 is 29.7 Å². The Kier molecular flexibility index (Phi) is 4.82. The zero-order valence-corrected chi connectivity index (χ0v) is 14.2. The molecule has 2 aromatic rings. The molecule has 0 aliphatic carbocycles. The van der Waals surface area contributed by atoms with E-state index in [0.717, 1.165) is 11.5 Å². The molecule has 3 heteroatoms. The third kappa shape index (κ3) is 3.94. The van der Waals surface area contributed by atoms with Gasteiger partial charge in [0.05, 0.1) is 0 Å². The van der Waals surface area contributed by atoms with Crippen molar-refractivity contribution in [1.82, 2.24) is 0 Å². The summed E-state index contributed by atoms with van der Waals surface area (Å²) in [5.74, 6) is 1.83. The van der Waals surface area contributed by atoms with E-state index in [0.29, 0.717) is 0 Å². The molecule has 0 fully saturated rings. The van der Waals surface area contributed by atoms with Gasteiger partial charge in [-0.3, -0.25) is 0 Å². The van der Waals surface area contributed by atoms with Crippen molar-refractivity contribution in [1.29, 1.82) is 0 Å². The van der Waals surface area contributed by atoms with Crippen LogP contribution < -0.4 is 5.63 Å². The molecule has 0 spiro atoms. The average molecular weight is 334 g/mol. The number of hydrogen-bond acceptors (Lipinski definition) is 2. The molecule has 0 aromatic heterocycles. The van der Waals surface area contributed by atoms with E-state index in [4.69, 9.17) is 5.63 Å². The van der Waals surface area contributed by atoms with Crippen molar-refractivity contribution >= 4 is 0 Å². The molecule has 0 atom stereocenters. The molecule has 2 nitrogen and oxygen atoms in total. The molecule has 19 heavy (non-hydrogen) atoms. The average Bonchev–Trinajstić information content (AvgIpc) is 2.38. The monoisotopic (exact) mass is 332 g/mol. The molecule has 0 amide bonds. The molecular formula is C16H18O2Zr. The summed E-state index contributed by atoms with van der Waals surface area (Å²) >= 11 is -1.33. The molecular weight excluding hydrogens is 315 g/mol. The van der Waals surface area contributed by atoms with Crippen LogP contribution in [-0.4, -0.2) is 0 Å². The van der Waals surface area contributed by atoms with Gasteiger partial charge in [-0.05, 0) is 0 Å². The molecule has 0 heterocycles. The Labute approximate surface area is 127 Å². The Morgan fingerprint density at radius 3 is 1.42 bits per heavy atom. The Morgan fingerprint density at radius 2 is 1.05 bits per heavy atom. The fourth-order valence-electron chi connectivity index (χ4n) is 1.67. The molecule has 0 N–H and O–H groups in total. The van der Waals surface area contributed by atoms with E-state index in [2.05, 4.69) is 52.0 Å². The molecule has 2 rings (SSSR count). The molecule has 0 saturated carbocycles. The Morgan fingerprint density at radius 1 is 0.632 bits per heavy atom. The van der Waals surface area contributed by atoms with Crippen LogP contribution in [0.1, 0.15) is 22.3 Å². The first-order chi connectivity index (χ1) is 9.06. The van der Waals surface area contributed by atoms with Crippen LogP contribution in [0, 0.1) is 27.7 Å². The fourth-order valence-corrected chi connectivity index (χ4v) is 2.87. The maximum atomic E-state index is 5.76. The van der Waals surface area contributed by atoms with Gasteiger partial charge in [0.25, 0.3) is 0 Å². The molecule has 98 valence electrons. The predicted octanol–water partition coefficient (Wildman–Crippen LogP) is 4.29. The Hall–Kier alpha value is -1.08. The normalized spacial score (nSPS) is 10.1. The van der Waals surface area contributed by atoms with Crippen LogP contribution in [-0.2, 0) is 24.1 Å². The summed E-state index contributed by atoms with van der Waals surface area (Å²) in [6.45, 7) is 8.39. The van der Waals surface area contributed by atoms with Gasteiger partial charge in [0.15, 0.2) is 0 Å². The second kappa shape index (κ2) is 6.39. The van der Waals surface area contributed by atoms with E-state index < -0.39 is 24.1 Å². The SMILES string of the molecule is Cc1ccc([O][Zr][O]c2ccc(C)c(C)c2)cc1C. The van der Waals surface area contributed by atoms with E-state index >= 15 is 0 Å². The first kappa shape index (κ1) is 14.3. The summed E-state index contributed by atoms with van der Waals surface area (Å²) in [6, 6.07) is 12.3. The van der Waals surface area contributed by atoms with Crippen LogP contribution in [0.4, 0.5) is 0 Å². The second-order valence-electron chi connectivity index (χ2n) is 4.78. The summed E-state index contributed by atoms with van der Waals surface area (Å²) in [4.78, 5) is 0. The standard InChI is InChI=1S/2C8H10O.Zr/c2*1-6-3-4-8(9)5-7(6)2;/h2*3-5,9H,1-2H3;/q;;+2/p-2. The minimum atomic E-state index is -1.33. The second-order valence-corrected chi connectivity index (χ2v) is 6.19. The van der Waals surface area contributed by atoms with Crippen LogP contribution in [0.3, 0.4) is 0 Å². The Balaban J connectivity index is 1.92. The summed E-state index contributed by atoms with van der Waals surface area (Å²) < 4.78 is 11.5. The number of rotatable bonds is 4. The summed E-state index contributed by atoms with van der Waals surface area (Å²) in [7, 11) is 0. The van der Waals surface area contributed by atoms with Gasteiger partial charge < -0.3 is 0 Å². The van der Waals surface area contributed by atoms with E-state index in [1.54, 1.807) is 0 Å². The van der Waals surface area contributed by atoms with Crippen molar-refractivity contribution in [3.8, 4) is 11.5 Å². The van der Waals surface area contributed by atoms with Crippen LogP contribution in [0.25, 0.3) is 0 Å². The summed E-state index contributed by atoms with van der Waals surface area (Å²) in [6.07, 6.45) is 0. The van der Waals surface area contributed by atoms with Crippen LogP contribution in [0.2, 0.25) is 0 Å². The number of hydrogen-bond donors (Lipinski definition) is 0. The molecule has 0 aliphatic rings. The van der Waals surface area contributed by atoms with E-state index in [1.807, 2.05) is 12.1 Å². The van der Waals surface area contributed by atoms with Crippen molar-refractivity contribution in [2.75, 3.05) is 0 Å². The van der Waals surface area contributed by atoms with E-state index in [-0.39, 0.29) is 0 Å². The zero-order chi connectivity index (χ0) is 13.8. The van der Waals surface area contributed by atoms with Crippen LogP contribution in [0.15, 0.2) is 36.4 Å². The van der Waals surface area contributed by atoms with Gasteiger partial charge in [-0.2, -0.15) is 0 Å². The van der Waals surface area contributed by atoms with Gasteiger partial charge in [0, 0.05) is 0 Å². The number of aryl methyl sites for hydroxylation is 4. The third-order valence-corrected chi connectivity index (χ3v) is 4.84. The van der Waals surface area contributed by atoms with Gasteiger partial charge in [-0.25, -0.2) is 0 Å². The molecule has 2 aromatic carbocycles. The molecule has 0 unspecified atom stereocenters. The predicted molar refractivity (Wildman–Crippen MR) is 73.1 cm³/mol. The number of benzene rings is 2. The first-order valence-corrected chi connectivity index (χ1v) is 8.30. The van der Waals surface area contributed by atoms with Crippen molar-refractivity contribution in [2.45, 2.75) is 27.7 Å². The quantitative estimate of drug-likeness (QED) is 0.831. The minimum absolute atomic E-state index is 0.915. The fraction of sp³-hybridized carbons (Fsp3) is 0.250. The zero-order valence-electron chi connectivity index (χ0n) is 11.8. The maximum absolute atomic E-state index is 5.76. The molecule has 0 aliphatic heterocycles. The van der Waals surface area contributed by atoms with Crippen LogP contribution in [0.5, 0.6) is 11.5 Å². The summed E-state index contributed by atoms with van der Waals surface area (Å²) in [5, 5.41) is 0. The van der Waals surface area contributed by atoms with Crippen molar-refractivity contribution in [2.24, 2.45) is 0 Å². The van der Waals surface area contributed by atoms with Crippen LogP contribution >= 0.6 is 0 Å². The third-order valence-electron chi connectivity index (χ3n) is 3.28. The van der Waals surface area contributed by atoms with E-state index in [9.17, 15) is 0 Å². The Bertz CT molecular complexity index is 527. The van der Waals surface area contributed by atoms with Gasteiger partial charge >= 0.3 is 128 Å². The van der Waals surface area contributed by atoms with Gasteiger partial charge in [0.2, 0.25) is 0 Å². The molecule has 0 radical (unpaired) electrons.